The number of nitrogens with one attached hydrogen (secondary N) is 1. The van der Waals surface area contributed by atoms with Crippen LogP contribution >= 0.6 is 24.8 Å². The van der Waals surface area contributed by atoms with Gasteiger partial charge in [-0.3, -0.25) is 4.40 Å². The first-order valence-electron chi connectivity index (χ1n) is 6.39. The zero-order chi connectivity index (χ0) is 12.6. The molecule has 0 unspecified atom stereocenters. The third-order valence-corrected chi connectivity index (χ3v) is 3.83. The van der Waals surface area contributed by atoms with Crippen molar-refractivity contribution in [3.05, 3.63) is 18.2 Å². The molecule has 0 bridgehead atoms. The third kappa shape index (κ3) is 2.82. The monoisotopic (exact) mass is 318 g/mol. The van der Waals surface area contributed by atoms with Crippen molar-refractivity contribution in [2.75, 3.05) is 11.9 Å². The molecule has 1 fully saturated rings. The lowest BCUT2D eigenvalue weighted by Crippen LogP contribution is -2.43. The summed E-state index contributed by atoms with van der Waals surface area (Å²) in [6.07, 6.45) is 8.28. The summed E-state index contributed by atoms with van der Waals surface area (Å²) in [5, 5.41) is 11.8. The molecule has 0 aromatic carbocycles. The van der Waals surface area contributed by atoms with Gasteiger partial charge in [-0.25, -0.2) is 4.98 Å². The van der Waals surface area contributed by atoms with Gasteiger partial charge in [-0.05, 0) is 19.8 Å². The predicted molar refractivity (Wildman–Crippen MR) is 83.9 cm³/mol. The highest BCUT2D eigenvalue weighted by Crippen LogP contribution is 2.32. The van der Waals surface area contributed by atoms with Gasteiger partial charge in [0.15, 0.2) is 5.82 Å². The van der Waals surface area contributed by atoms with Gasteiger partial charge in [-0.15, -0.1) is 35.0 Å². The van der Waals surface area contributed by atoms with Crippen molar-refractivity contribution in [3.8, 4) is 0 Å². The van der Waals surface area contributed by atoms with Gasteiger partial charge < -0.3 is 11.1 Å². The fourth-order valence-electron chi connectivity index (χ4n) is 2.71. The van der Waals surface area contributed by atoms with Gasteiger partial charge in [0.2, 0.25) is 5.65 Å². The molecule has 20 heavy (non-hydrogen) atoms. The highest BCUT2D eigenvalue weighted by atomic mass is 35.5. The summed E-state index contributed by atoms with van der Waals surface area (Å²) < 4.78 is 1.94. The van der Waals surface area contributed by atoms with Crippen LogP contribution in [0.25, 0.3) is 5.65 Å². The minimum absolute atomic E-state index is 0. The Balaban J connectivity index is 0.000001000. The van der Waals surface area contributed by atoms with Crippen LogP contribution < -0.4 is 11.1 Å². The molecule has 112 valence electrons. The van der Waals surface area contributed by atoms with E-state index < -0.39 is 0 Å². The van der Waals surface area contributed by atoms with Gasteiger partial charge >= 0.3 is 0 Å². The van der Waals surface area contributed by atoms with E-state index in [4.69, 9.17) is 5.73 Å². The Kier molecular flexibility index (Phi) is 5.56. The molecule has 8 heteroatoms. The summed E-state index contributed by atoms with van der Waals surface area (Å²) in [6.45, 7) is 2.56. The van der Waals surface area contributed by atoms with E-state index in [1.165, 1.54) is 12.8 Å². The number of fused-ring (bicyclic) bond motifs is 1. The SMILES string of the molecule is Cc1nnc2c(NC3(CN)CCCC3)nccn12.Cl.Cl. The minimum atomic E-state index is -0.0191. The number of aryl methyl sites for hydroxylation is 1. The Morgan fingerprint density at radius 1 is 1.30 bits per heavy atom. The van der Waals surface area contributed by atoms with Crippen LogP contribution in [0.5, 0.6) is 0 Å². The Hall–Kier alpha value is -1.11. The molecule has 3 N–H and O–H groups in total. The molecule has 1 aliphatic rings. The van der Waals surface area contributed by atoms with Crippen LogP contribution in [-0.2, 0) is 0 Å². The minimum Gasteiger partial charge on any atom is -0.360 e. The van der Waals surface area contributed by atoms with Crippen LogP contribution in [0.4, 0.5) is 5.82 Å². The first-order valence-corrected chi connectivity index (χ1v) is 6.39. The second-order valence-corrected chi connectivity index (χ2v) is 5.03. The molecular formula is C12H20Cl2N6. The predicted octanol–water partition coefficient (Wildman–Crippen LogP) is 1.96. The molecule has 3 rings (SSSR count). The van der Waals surface area contributed by atoms with E-state index in [9.17, 15) is 0 Å². The van der Waals surface area contributed by atoms with Crippen molar-refractivity contribution >= 4 is 36.3 Å². The molecule has 2 heterocycles. The maximum atomic E-state index is 5.93. The summed E-state index contributed by atoms with van der Waals surface area (Å²) in [5.74, 6) is 1.65. The number of rotatable bonds is 3. The van der Waals surface area contributed by atoms with Gasteiger partial charge in [-0.2, -0.15) is 0 Å². The Morgan fingerprint density at radius 3 is 2.65 bits per heavy atom. The van der Waals surface area contributed by atoms with E-state index in [-0.39, 0.29) is 30.4 Å². The summed E-state index contributed by atoms with van der Waals surface area (Å²) in [7, 11) is 0. The van der Waals surface area contributed by atoms with Crippen molar-refractivity contribution in [3.63, 3.8) is 0 Å². The highest BCUT2D eigenvalue weighted by molar-refractivity contribution is 5.85. The fourth-order valence-corrected chi connectivity index (χ4v) is 2.71. The maximum Gasteiger partial charge on any atom is 0.203 e. The quantitative estimate of drug-likeness (QED) is 0.904. The Bertz CT molecular complexity index is 564. The molecule has 1 saturated carbocycles. The average molecular weight is 319 g/mol. The number of hydrogen-bond donors (Lipinski definition) is 2. The van der Waals surface area contributed by atoms with Crippen LogP contribution in [0.1, 0.15) is 31.5 Å². The van der Waals surface area contributed by atoms with E-state index in [1.807, 2.05) is 17.5 Å². The van der Waals surface area contributed by atoms with Gasteiger partial charge in [0.25, 0.3) is 0 Å². The molecule has 2 aromatic heterocycles. The summed E-state index contributed by atoms with van der Waals surface area (Å²) in [4.78, 5) is 4.39. The first kappa shape index (κ1) is 16.9. The van der Waals surface area contributed by atoms with E-state index in [1.54, 1.807) is 6.20 Å². The van der Waals surface area contributed by atoms with Crippen molar-refractivity contribution in [2.24, 2.45) is 5.73 Å². The van der Waals surface area contributed by atoms with Crippen LogP contribution in [0.3, 0.4) is 0 Å². The number of hydrogen-bond acceptors (Lipinski definition) is 5. The van der Waals surface area contributed by atoms with Gasteiger partial charge in [0.1, 0.15) is 5.82 Å². The zero-order valence-electron chi connectivity index (χ0n) is 11.4. The number of nitrogens with zero attached hydrogens (tertiary/aromatic N) is 4. The van der Waals surface area contributed by atoms with E-state index in [0.717, 1.165) is 30.1 Å². The first-order chi connectivity index (χ1) is 8.74. The van der Waals surface area contributed by atoms with Gasteiger partial charge in [-0.1, -0.05) is 12.8 Å². The number of anilines is 1. The van der Waals surface area contributed by atoms with Crippen LogP contribution in [0.2, 0.25) is 0 Å². The number of nitrogens with two attached hydrogens (primary N) is 1. The maximum absolute atomic E-state index is 5.93. The molecule has 0 aliphatic heterocycles. The summed E-state index contributed by atoms with van der Waals surface area (Å²) in [6, 6.07) is 0. The smallest absolute Gasteiger partial charge is 0.203 e. The Morgan fingerprint density at radius 2 is 2.00 bits per heavy atom. The topological polar surface area (TPSA) is 81.1 Å². The lowest BCUT2D eigenvalue weighted by Gasteiger charge is -2.29. The summed E-state index contributed by atoms with van der Waals surface area (Å²) >= 11 is 0. The van der Waals surface area contributed by atoms with Crippen LogP contribution in [0, 0.1) is 6.92 Å². The normalized spacial score (nSPS) is 16.5. The molecule has 0 saturated heterocycles. The second kappa shape index (κ2) is 6.56. The Labute approximate surface area is 130 Å². The fraction of sp³-hybridized carbons (Fsp3) is 0.583. The molecule has 0 spiro atoms. The van der Waals surface area contributed by atoms with Crippen molar-refractivity contribution in [2.45, 2.75) is 38.1 Å². The van der Waals surface area contributed by atoms with Gasteiger partial charge in [0.05, 0.1) is 5.54 Å². The van der Waals surface area contributed by atoms with E-state index in [2.05, 4.69) is 20.5 Å². The van der Waals surface area contributed by atoms with Crippen LogP contribution in [-0.4, -0.2) is 31.7 Å². The summed E-state index contributed by atoms with van der Waals surface area (Å²) in [5.41, 5.74) is 6.69. The number of halogens is 2. The standard InChI is InChI=1S/C12H18N6.2ClH/c1-9-16-17-11-10(14-6-7-18(9)11)15-12(8-13)4-2-3-5-12;;/h6-7H,2-5,8,13H2,1H3,(H,14,15);2*1H. The highest BCUT2D eigenvalue weighted by Gasteiger charge is 2.33. The van der Waals surface area contributed by atoms with E-state index in [0.29, 0.717) is 6.54 Å². The average Bonchev–Trinajstić information content (AvgIpc) is 2.99. The largest absolute Gasteiger partial charge is 0.360 e. The van der Waals surface area contributed by atoms with Crippen molar-refractivity contribution < 1.29 is 0 Å². The third-order valence-electron chi connectivity index (χ3n) is 3.83. The van der Waals surface area contributed by atoms with Gasteiger partial charge in [0, 0.05) is 18.9 Å². The zero-order valence-corrected chi connectivity index (χ0v) is 13.0. The van der Waals surface area contributed by atoms with Crippen LogP contribution in [0.15, 0.2) is 12.4 Å². The number of aromatic nitrogens is 4. The second-order valence-electron chi connectivity index (χ2n) is 5.03. The lowest BCUT2D eigenvalue weighted by atomic mass is 9.98. The molecule has 0 atom stereocenters. The molecule has 1 aliphatic carbocycles. The molecule has 2 aromatic rings. The lowest BCUT2D eigenvalue weighted by molar-refractivity contribution is 0.491. The van der Waals surface area contributed by atoms with Crippen molar-refractivity contribution in [1.82, 2.24) is 19.6 Å². The molecule has 0 radical (unpaired) electrons. The van der Waals surface area contributed by atoms with Crippen molar-refractivity contribution in [1.29, 1.82) is 0 Å². The molecule has 0 amide bonds. The molecule has 6 nitrogen and oxygen atoms in total. The van der Waals surface area contributed by atoms with E-state index >= 15 is 0 Å². The molecular weight excluding hydrogens is 299 g/mol.